The van der Waals surface area contributed by atoms with Crippen molar-refractivity contribution in [3.05, 3.63) is 0 Å². The van der Waals surface area contributed by atoms with Crippen LogP contribution in [0.5, 0.6) is 0 Å². The zero-order valence-electron chi connectivity index (χ0n) is 9.61. The van der Waals surface area contributed by atoms with E-state index < -0.39 is 0 Å². The van der Waals surface area contributed by atoms with E-state index in [1.807, 2.05) is 0 Å². The van der Waals surface area contributed by atoms with Crippen molar-refractivity contribution < 1.29 is 0 Å². The summed E-state index contributed by atoms with van der Waals surface area (Å²) in [4.78, 5) is 0. The minimum atomic E-state index is 0.426. The molecule has 1 aliphatic rings. The van der Waals surface area contributed by atoms with Gasteiger partial charge in [0, 0.05) is 12.4 Å². The Hall–Kier alpha value is 0.250. The van der Waals surface area contributed by atoms with E-state index in [9.17, 15) is 0 Å². The van der Waals surface area contributed by atoms with Crippen LogP contribution in [-0.4, -0.2) is 19.0 Å². The highest BCUT2D eigenvalue weighted by Gasteiger charge is 2.32. The molecule has 0 aromatic heterocycles. The number of hydrogen-bond donors (Lipinski definition) is 1. The van der Waals surface area contributed by atoms with Gasteiger partial charge in [0.2, 0.25) is 0 Å². The highest BCUT2D eigenvalue weighted by atomic mass is 35.5. The van der Waals surface area contributed by atoms with E-state index in [1.165, 1.54) is 32.1 Å². The summed E-state index contributed by atoms with van der Waals surface area (Å²) >= 11 is 6.07. The Labute approximate surface area is 93.6 Å². The van der Waals surface area contributed by atoms with E-state index in [0.717, 1.165) is 24.9 Å². The average molecular weight is 218 g/mol. The Morgan fingerprint density at radius 3 is 2.50 bits per heavy atom. The van der Waals surface area contributed by atoms with Crippen molar-refractivity contribution in [3.63, 3.8) is 0 Å². The molecule has 1 fully saturated rings. The highest BCUT2D eigenvalue weighted by molar-refractivity contribution is 6.18. The number of nitrogens with one attached hydrogen (secondary N) is 1. The maximum atomic E-state index is 6.07. The first-order valence-corrected chi connectivity index (χ1v) is 6.52. The van der Waals surface area contributed by atoms with E-state index in [2.05, 4.69) is 19.2 Å². The molecule has 0 radical (unpaired) electrons. The summed E-state index contributed by atoms with van der Waals surface area (Å²) in [6.45, 7) is 6.82. The second-order valence-corrected chi connectivity index (χ2v) is 5.25. The summed E-state index contributed by atoms with van der Waals surface area (Å²) in [5, 5.41) is 3.59. The lowest BCUT2D eigenvalue weighted by Crippen LogP contribution is -2.35. The van der Waals surface area contributed by atoms with Gasteiger partial charge in [-0.25, -0.2) is 0 Å². The monoisotopic (exact) mass is 217 g/mol. The molecule has 1 nitrogen and oxygen atoms in total. The molecule has 0 heterocycles. The van der Waals surface area contributed by atoms with Crippen molar-refractivity contribution in [2.24, 2.45) is 11.3 Å². The third-order valence-electron chi connectivity index (χ3n) is 3.64. The predicted molar refractivity (Wildman–Crippen MR) is 63.9 cm³/mol. The summed E-state index contributed by atoms with van der Waals surface area (Å²) < 4.78 is 0. The Balaban J connectivity index is 2.21. The third-order valence-corrected chi connectivity index (χ3v) is 4.20. The van der Waals surface area contributed by atoms with Crippen LogP contribution in [0.25, 0.3) is 0 Å². The van der Waals surface area contributed by atoms with E-state index in [0.29, 0.717) is 5.41 Å². The molecule has 0 aromatic rings. The van der Waals surface area contributed by atoms with Crippen LogP contribution in [0.3, 0.4) is 0 Å². The van der Waals surface area contributed by atoms with Crippen molar-refractivity contribution in [2.75, 3.05) is 19.0 Å². The second kappa shape index (κ2) is 5.97. The molecule has 0 saturated heterocycles. The van der Waals surface area contributed by atoms with Crippen LogP contribution in [0.4, 0.5) is 0 Å². The number of rotatable bonds is 6. The zero-order chi connectivity index (χ0) is 10.4. The number of alkyl halides is 1. The molecule has 0 aliphatic heterocycles. The van der Waals surface area contributed by atoms with Crippen LogP contribution < -0.4 is 5.32 Å². The molecule has 0 spiro atoms. The van der Waals surface area contributed by atoms with Gasteiger partial charge in [0.05, 0.1) is 0 Å². The van der Waals surface area contributed by atoms with Gasteiger partial charge in [-0.1, -0.05) is 33.1 Å². The molecular formula is C12H24ClN. The van der Waals surface area contributed by atoms with Crippen LogP contribution in [0.1, 0.15) is 46.0 Å². The van der Waals surface area contributed by atoms with Crippen LogP contribution in [-0.2, 0) is 0 Å². The Morgan fingerprint density at radius 2 is 2.00 bits per heavy atom. The SMILES string of the molecule is CCC(C)CNCC1(CCl)CCCC1. The van der Waals surface area contributed by atoms with Crippen LogP contribution >= 0.6 is 11.6 Å². The standard InChI is InChI=1S/C12H24ClN/c1-3-11(2)8-14-10-12(9-13)6-4-5-7-12/h11,14H,3-10H2,1-2H3. The van der Waals surface area contributed by atoms with Gasteiger partial charge in [-0.15, -0.1) is 11.6 Å². The summed E-state index contributed by atoms with van der Waals surface area (Å²) in [5.74, 6) is 1.63. The lowest BCUT2D eigenvalue weighted by atomic mass is 9.88. The second-order valence-electron chi connectivity index (χ2n) is 4.99. The van der Waals surface area contributed by atoms with Gasteiger partial charge in [0.1, 0.15) is 0 Å². The topological polar surface area (TPSA) is 12.0 Å². The average Bonchev–Trinajstić information content (AvgIpc) is 2.67. The Bertz CT molecular complexity index is 152. The first kappa shape index (κ1) is 12.3. The first-order chi connectivity index (χ1) is 6.72. The minimum Gasteiger partial charge on any atom is -0.316 e. The molecule has 1 atom stereocenters. The summed E-state index contributed by atoms with van der Waals surface area (Å²) in [5.41, 5.74) is 0.426. The molecular weight excluding hydrogens is 194 g/mol. The summed E-state index contributed by atoms with van der Waals surface area (Å²) in [7, 11) is 0. The van der Waals surface area contributed by atoms with Crippen molar-refractivity contribution >= 4 is 11.6 Å². The summed E-state index contributed by atoms with van der Waals surface area (Å²) in [6.07, 6.45) is 6.66. The van der Waals surface area contributed by atoms with Gasteiger partial charge in [-0.05, 0) is 30.7 Å². The van der Waals surface area contributed by atoms with E-state index in [-0.39, 0.29) is 0 Å². The molecule has 14 heavy (non-hydrogen) atoms. The van der Waals surface area contributed by atoms with Crippen molar-refractivity contribution in [1.82, 2.24) is 5.32 Å². The fraction of sp³-hybridized carbons (Fsp3) is 1.00. The van der Waals surface area contributed by atoms with Crippen molar-refractivity contribution in [2.45, 2.75) is 46.0 Å². The number of hydrogen-bond acceptors (Lipinski definition) is 1. The molecule has 1 N–H and O–H groups in total. The summed E-state index contributed by atoms with van der Waals surface area (Å²) in [6, 6.07) is 0. The molecule has 1 aliphatic carbocycles. The number of halogens is 1. The largest absolute Gasteiger partial charge is 0.316 e. The molecule has 84 valence electrons. The Morgan fingerprint density at radius 1 is 1.36 bits per heavy atom. The van der Waals surface area contributed by atoms with Crippen LogP contribution in [0, 0.1) is 11.3 Å². The van der Waals surface area contributed by atoms with E-state index in [4.69, 9.17) is 11.6 Å². The lowest BCUT2D eigenvalue weighted by molar-refractivity contribution is 0.311. The van der Waals surface area contributed by atoms with Crippen LogP contribution in [0.2, 0.25) is 0 Å². The van der Waals surface area contributed by atoms with Gasteiger partial charge in [0.25, 0.3) is 0 Å². The molecule has 1 rings (SSSR count). The van der Waals surface area contributed by atoms with Gasteiger partial charge >= 0.3 is 0 Å². The van der Waals surface area contributed by atoms with Gasteiger partial charge in [-0.2, -0.15) is 0 Å². The minimum absolute atomic E-state index is 0.426. The maximum absolute atomic E-state index is 6.07. The lowest BCUT2D eigenvalue weighted by Gasteiger charge is -2.27. The van der Waals surface area contributed by atoms with Crippen molar-refractivity contribution in [3.8, 4) is 0 Å². The third kappa shape index (κ3) is 3.43. The van der Waals surface area contributed by atoms with E-state index >= 15 is 0 Å². The fourth-order valence-electron chi connectivity index (χ4n) is 2.21. The van der Waals surface area contributed by atoms with Gasteiger partial charge in [0.15, 0.2) is 0 Å². The van der Waals surface area contributed by atoms with Gasteiger partial charge < -0.3 is 5.32 Å². The first-order valence-electron chi connectivity index (χ1n) is 5.99. The molecule has 0 bridgehead atoms. The smallest absolute Gasteiger partial charge is 0.0292 e. The molecule has 2 heteroatoms. The van der Waals surface area contributed by atoms with Gasteiger partial charge in [-0.3, -0.25) is 0 Å². The Kier molecular flexibility index (Phi) is 5.25. The predicted octanol–water partition coefficient (Wildman–Crippen LogP) is 3.42. The van der Waals surface area contributed by atoms with Crippen molar-refractivity contribution in [1.29, 1.82) is 0 Å². The van der Waals surface area contributed by atoms with Crippen LogP contribution in [0.15, 0.2) is 0 Å². The highest BCUT2D eigenvalue weighted by Crippen LogP contribution is 2.38. The molecule has 1 saturated carbocycles. The molecule has 0 amide bonds. The fourth-order valence-corrected chi connectivity index (χ4v) is 2.57. The molecule has 1 unspecified atom stereocenters. The van der Waals surface area contributed by atoms with E-state index in [1.54, 1.807) is 0 Å². The molecule has 0 aromatic carbocycles. The quantitative estimate of drug-likeness (QED) is 0.673. The normalized spacial score (nSPS) is 22.5. The maximum Gasteiger partial charge on any atom is 0.0292 e. The zero-order valence-corrected chi connectivity index (χ0v) is 10.4.